The van der Waals surface area contributed by atoms with Crippen molar-refractivity contribution in [1.29, 1.82) is 0 Å². The van der Waals surface area contributed by atoms with E-state index >= 15 is 0 Å². The van der Waals surface area contributed by atoms with Gasteiger partial charge in [-0.25, -0.2) is 0 Å². The Balaban J connectivity index is 1.58. The number of carbonyl (C=O) groups is 2. The molecule has 0 spiro atoms. The van der Waals surface area contributed by atoms with Crippen LogP contribution in [0.3, 0.4) is 0 Å². The molecule has 0 radical (unpaired) electrons. The number of amides is 2. The van der Waals surface area contributed by atoms with Crippen molar-refractivity contribution in [2.75, 3.05) is 11.9 Å². The van der Waals surface area contributed by atoms with Gasteiger partial charge in [-0.05, 0) is 25.7 Å². The zero-order valence-corrected chi connectivity index (χ0v) is 15.3. The van der Waals surface area contributed by atoms with Crippen LogP contribution in [-0.2, 0) is 9.59 Å². The molecule has 1 aliphatic carbocycles. The van der Waals surface area contributed by atoms with Crippen LogP contribution < -0.4 is 5.32 Å². The second-order valence-electron chi connectivity index (χ2n) is 6.83. The number of anilines is 1. The average molecular weight is 350 g/mol. The van der Waals surface area contributed by atoms with Gasteiger partial charge in [-0.3, -0.25) is 9.59 Å². The lowest BCUT2D eigenvalue weighted by atomic mass is 10.1. The van der Waals surface area contributed by atoms with Crippen molar-refractivity contribution in [3.63, 3.8) is 0 Å². The molecule has 2 amide bonds. The molecule has 0 aromatic carbocycles. The van der Waals surface area contributed by atoms with E-state index in [0.29, 0.717) is 30.1 Å². The lowest BCUT2D eigenvalue weighted by molar-refractivity contribution is -0.129. The summed E-state index contributed by atoms with van der Waals surface area (Å²) in [6, 6.07) is 0.346. The van der Waals surface area contributed by atoms with Crippen molar-refractivity contribution in [3.8, 4) is 0 Å². The van der Waals surface area contributed by atoms with Gasteiger partial charge >= 0.3 is 0 Å². The van der Waals surface area contributed by atoms with Gasteiger partial charge in [-0.15, -0.1) is 10.2 Å². The number of likely N-dealkylation sites (tertiary alicyclic amines) is 1. The molecule has 1 N–H and O–H groups in total. The highest BCUT2D eigenvalue weighted by molar-refractivity contribution is 7.15. The summed E-state index contributed by atoms with van der Waals surface area (Å²) < 4.78 is 0. The molecule has 6 nitrogen and oxygen atoms in total. The third-order valence-corrected chi connectivity index (χ3v) is 6.30. The van der Waals surface area contributed by atoms with E-state index < -0.39 is 0 Å². The minimum atomic E-state index is -0.265. The molecule has 1 atom stereocenters. The Hall–Kier alpha value is -1.50. The summed E-state index contributed by atoms with van der Waals surface area (Å²) in [4.78, 5) is 26.6. The van der Waals surface area contributed by atoms with Crippen molar-refractivity contribution in [2.45, 2.75) is 70.8 Å². The summed E-state index contributed by atoms with van der Waals surface area (Å²) in [6.45, 7) is 4.82. The first-order valence-electron chi connectivity index (χ1n) is 9.06. The predicted octanol–water partition coefficient (Wildman–Crippen LogP) is 3.17. The maximum absolute atomic E-state index is 12.5. The minimum absolute atomic E-state index is 0.101. The number of nitrogens with zero attached hydrogens (tertiary/aromatic N) is 3. The van der Waals surface area contributed by atoms with Crippen LogP contribution in [0.4, 0.5) is 5.13 Å². The van der Waals surface area contributed by atoms with Gasteiger partial charge in [0.1, 0.15) is 5.01 Å². The summed E-state index contributed by atoms with van der Waals surface area (Å²) in [6.07, 6.45) is 6.90. The molecule has 0 bridgehead atoms. The topological polar surface area (TPSA) is 75.2 Å². The number of rotatable bonds is 6. The Labute approximate surface area is 147 Å². The third kappa shape index (κ3) is 3.61. The van der Waals surface area contributed by atoms with E-state index in [2.05, 4.69) is 29.4 Å². The molecule has 132 valence electrons. The van der Waals surface area contributed by atoms with E-state index in [1.165, 1.54) is 24.2 Å². The van der Waals surface area contributed by atoms with Gasteiger partial charge in [0.2, 0.25) is 16.9 Å². The Bertz CT molecular complexity index is 593. The molecule has 1 saturated heterocycles. The monoisotopic (exact) mass is 350 g/mol. The Morgan fingerprint density at radius 2 is 2.00 bits per heavy atom. The van der Waals surface area contributed by atoms with E-state index in [-0.39, 0.29) is 17.7 Å². The summed E-state index contributed by atoms with van der Waals surface area (Å²) in [7, 11) is 0. The fourth-order valence-electron chi connectivity index (χ4n) is 3.77. The predicted molar refractivity (Wildman–Crippen MR) is 93.9 cm³/mol. The maximum atomic E-state index is 12.5. The van der Waals surface area contributed by atoms with E-state index in [1.807, 2.05) is 4.90 Å². The smallest absolute Gasteiger partial charge is 0.231 e. The van der Waals surface area contributed by atoms with Crippen LogP contribution in [0.15, 0.2) is 0 Å². The van der Waals surface area contributed by atoms with Gasteiger partial charge in [-0.1, -0.05) is 38.0 Å². The summed E-state index contributed by atoms with van der Waals surface area (Å²) in [5.74, 6) is 0.158. The average Bonchev–Trinajstić information content (AvgIpc) is 3.29. The van der Waals surface area contributed by atoms with Crippen molar-refractivity contribution in [1.82, 2.24) is 15.1 Å². The zero-order valence-electron chi connectivity index (χ0n) is 14.5. The molecule has 1 saturated carbocycles. The number of nitrogens with one attached hydrogen (secondary N) is 1. The highest BCUT2D eigenvalue weighted by Gasteiger charge is 2.38. The fraction of sp³-hybridized carbons (Fsp3) is 0.765. The SMILES string of the molecule is CCC(CC)c1nnc(NC(=O)[C@H]2CC(=O)N(C3CCCC3)C2)s1. The number of hydrogen-bond donors (Lipinski definition) is 1. The van der Waals surface area contributed by atoms with Gasteiger partial charge in [-0.2, -0.15) is 0 Å². The number of carbonyl (C=O) groups excluding carboxylic acids is 2. The maximum Gasteiger partial charge on any atom is 0.231 e. The second kappa shape index (κ2) is 7.59. The van der Waals surface area contributed by atoms with E-state index in [1.54, 1.807) is 0 Å². The Morgan fingerprint density at radius 3 is 2.67 bits per heavy atom. The lowest BCUT2D eigenvalue weighted by Gasteiger charge is -2.23. The van der Waals surface area contributed by atoms with Gasteiger partial charge in [0.15, 0.2) is 0 Å². The van der Waals surface area contributed by atoms with Crippen LogP contribution in [-0.4, -0.2) is 39.5 Å². The van der Waals surface area contributed by atoms with Gasteiger partial charge in [0.05, 0.1) is 5.92 Å². The number of hydrogen-bond acceptors (Lipinski definition) is 5. The first-order valence-corrected chi connectivity index (χ1v) is 9.87. The Kier molecular flexibility index (Phi) is 5.48. The normalized spacial score (nSPS) is 21.9. The molecule has 2 aliphatic rings. The molecule has 24 heavy (non-hydrogen) atoms. The van der Waals surface area contributed by atoms with Crippen LogP contribution >= 0.6 is 11.3 Å². The number of aromatic nitrogens is 2. The molecule has 2 heterocycles. The van der Waals surface area contributed by atoms with Crippen LogP contribution in [0, 0.1) is 5.92 Å². The standard InChI is InChI=1S/C17H26N4O2S/c1-3-11(4-2)16-19-20-17(24-16)18-15(23)12-9-14(22)21(10-12)13-7-5-6-8-13/h11-13H,3-10H2,1-2H3,(H,18,20,23)/t12-/m0/s1. The minimum Gasteiger partial charge on any atom is -0.339 e. The van der Waals surface area contributed by atoms with Crippen molar-refractivity contribution in [3.05, 3.63) is 5.01 Å². The van der Waals surface area contributed by atoms with Gasteiger partial charge in [0.25, 0.3) is 0 Å². The quantitative estimate of drug-likeness (QED) is 0.855. The molecule has 2 fully saturated rings. The molecule has 3 rings (SSSR count). The summed E-state index contributed by atoms with van der Waals surface area (Å²) in [5, 5.41) is 12.7. The second-order valence-corrected chi connectivity index (χ2v) is 7.84. The van der Waals surface area contributed by atoms with Crippen LogP contribution in [0.1, 0.15) is 69.7 Å². The van der Waals surface area contributed by atoms with Crippen LogP contribution in [0.2, 0.25) is 0 Å². The highest BCUT2D eigenvalue weighted by Crippen LogP contribution is 2.31. The molecule has 1 aromatic rings. The lowest BCUT2D eigenvalue weighted by Crippen LogP contribution is -2.35. The summed E-state index contributed by atoms with van der Waals surface area (Å²) in [5.41, 5.74) is 0. The first kappa shape index (κ1) is 17.3. The molecule has 0 unspecified atom stereocenters. The van der Waals surface area contributed by atoms with E-state index in [4.69, 9.17) is 0 Å². The molecular formula is C17H26N4O2S. The highest BCUT2D eigenvalue weighted by atomic mass is 32.1. The van der Waals surface area contributed by atoms with Crippen LogP contribution in [0.25, 0.3) is 0 Å². The molecule has 7 heteroatoms. The van der Waals surface area contributed by atoms with Crippen molar-refractivity contribution < 1.29 is 9.59 Å². The first-order chi connectivity index (χ1) is 11.6. The van der Waals surface area contributed by atoms with Crippen LogP contribution in [0.5, 0.6) is 0 Å². The van der Waals surface area contributed by atoms with Gasteiger partial charge in [0, 0.05) is 24.9 Å². The summed E-state index contributed by atoms with van der Waals surface area (Å²) >= 11 is 1.45. The van der Waals surface area contributed by atoms with E-state index in [0.717, 1.165) is 30.7 Å². The Morgan fingerprint density at radius 1 is 1.29 bits per heavy atom. The van der Waals surface area contributed by atoms with E-state index in [9.17, 15) is 9.59 Å². The molecular weight excluding hydrogens is 324 g/mol. The largest absolute Gasteiger partial charge is 0.339 e. The van der Waals surface area contributed by atoms with Gasteiger partial charge < -0.3 is 10.2 Å². The van der Waals surface area contributed by atoms with Crippen molar-refractivity contribution >= 4 is 28.3 Å². The zero-order chi connectivity index (χ0) is 17.1. The fourth-order valence-corrected chi connectivity index (χ4v) is 4.78. The molecule has 1 aliphatic heterocycles. The third-order valence-electron chi connectivity index (χ3n) is 5.30. The van der Waals surface area contributed by atoms with Crippen molar-refractivity contribution in [2.24, 2.45) is 5.92 Å². The molecule has 1 aromatic heterocycles.